The molecular formula is C5H13IN4O. The van der Waals surface area contributed by atoms with Crippen LogP contribution in [-0.4, -0.2) is 37.2 Å². The minimum Gasteiger partial charge on any atom is -0.378 e. The number of hydrogen-bond donors (Lipinski definition) is 2. The molecule has 1 heterocycles. The fraction of sp³-hybridized carbons (Fsp3) is 0.800. The molecule has 0 atom stereocenters. The zero-order chi connectivity index (χ0) is 7.40. The summed E-state index contributed by atoms with van der Waals surface area (Å²) in [5.74, 6) is 5.38. The molecule has 5 nitrogen and oxygen atoms in total. The van der Waals surface area contributed by atoms with E-state index in [-0.39, 0.29) is 24.0 Å². The molecule has 0 aromatic heterocycles. The largest absolute Gasteiger partial charge is 0.378 e. The quantitative estimate of drug-likeness (QED) is 0.197. The molecule has 66 valence electrons. The number of rotatable bonds is 0. The first-order valence-electron chi connectivity index (χ1n) is 3.20. The van der Waals surface area contributed by atoms with Gasteiger partial charge in [-0.1, -0.05) is 0 Å². The predicted molar refractivity (Wildman–Crippen MR) is 53.6 cm³/mol. The number of ether oxygens (including phenoxy) is 1. The zero-order valence-corrected chi connectivity index (χ0v) is 8.52. The summed E-state index contributed by atoms with van der Waals surface area (Å²) in [6.07, 6.45) is 0. The molecule has 11 heavy (non-hydrogen) atoms. The Morgan fingerprint density at radius 2 is 1.91 bits per heavy atom. The van der Waals surface area contributed by atoms with Crippen molar-refractivity contribution in [1.82, 2.24) is 4.90 Å². The van der Waals surface area contributed by atoms with Crippen LogP contribution in [0.4, 0.5) is 0 Å². The number of nitrogens with two attached hydrogens (primary N) is 2. The molecular weight excluding hydrogens is 259 g/mol. The Hall–Kier alpha value is -0.240. The van der Waals surface area contributed by atoms with Crippen LogP contribution in [0, 0.1) is 0 Å². The second-order valence-electron chi connectivity index (χ2n) is 2.09. The summed E-state index contributed by atoms with van der Waals surface area (Å²) in [6.45, 7) is 2.98. The number of hydrogen-bond acceptors (Lipinski definition) is 3. The molecule has 1 fully saturated rings. The summed E-state index contributed by atoms with van der Waals surface area (Å²) in [6, 6.07) is 0. The van der Waals surface area contributed by atoms with Crippen molar-refractivity contribution in [2.45, 2.75) is 0 Å². The first-order valence-corrected chi connectivity index (χ1v) is 3.20. The van der Waals surface area contributed by atoms with Crippen molar-refractivity contribution in [3.05, 3.63) is 0 Å². The van der Waals surface area contributed by atoms with E-state index in [1.54, 1.807) is 0 Å². The van der Waals surface area contributed by atoms with Gasteiger partial charge in [-0.05, 0) is 0 Å². The molecule has 0 bridgehead atoms. The molecule has 1 saturated heterocycles. The standard InChI is InChI=1S/C5H12N4O.HI/c6-5(8-7)9-1-3-10-4-2-9;/h1-4,7H2,(H2,6,8);1H. The Morgan fingerprint density at radius 1 is 1.36 bits per heavy atom. The van der Waals surface area contributed by atoms with Crippen molar-refractivity contribution in [1.29, 1.82) is 0 Å². The van der Waals surface area contributed by atoms with E-state index in [2.05, 4.69) is 5.10 Å². The molecule has 1 aliphatic rings. The molecule has 0 unspecified atom stereocenters. The van der Waals surface area contributed by atoms with Gasteiger partial charge in [0.25, 0.3) is 0 Å². The average molecular weight is 272 g/mol. The normalized spacial score (nSPS) is 19.3. The maximum Gasteiger partial charge on any atom is 0.213 e. The summed E-state index contributed by atoms with van der Waals surface area (Å²) in [5.41, 5.74) is 5.44. The fourth-order valence-corrected chi connectivity index (χ4v) is 0.874. The lowest BCUT2D eigenvalue weighted by atomic mass is 10.4. The van der Waals surface area contributed by atoms with Crippen molar-refractivity contribution in [2.24, 2.45) is 16.7 Å². The van der Waals surface area contributed by atoms with Crippen LogP contribution in [0.25, 0.3) is 0 Å². The summed E-state index contributed by atoms with van der Waals surface area (Å²) in [5, 5.41) is 3.38. The van der Waals surface area contributed by atoms with Crippen molar-refractivity contribution in [3.8, 4) is 0 Å². The molecule has 0 aromatic carbocycles. The Morgan fingerprint density at radius 3 is 2.36 bits per heavy atom. The molecule has 6 heteroatoms. The van der Waals surface area contributed by atoms with Gasteiger partial charge in [-0.2, -0.15) is 0 Å². The Bertz CT molecular complexity index is 134. The van der Waals surface area contributed by atoms with Crippen LogP contribution >= 0.6 is 24.0 Å². The molecule has 0 amide bonds. The van der Waals surface area contributed by atoms with Crippen LogP contribution in [0.2, 0.25) is 0 Å². The number of morpholine rings is 1. The van der Waals surface area contributed by atoms with Gasteiger partial charge in [-0.3, -0.25) is 0 Å². The van der Waals surface area contributed by atoms with Crippen LogP contribution in [0.15, 0.2) is 5.10 Å². The van der Waals surface area contributed by atoms with Crippen LogP contribution in [-0.2, 0) is 4.74 Å². The molecule has 0 saturated carbocycles. The van der Waals surface area contributed by atoms with Gasteiger partial charge < -0.3 is 21.2 Å². The summed E-state index contributed by atoms with van der Waals surface area (Å²) in [4.78, 5) is 1.89. The lowest BCUT2D eigenvalue weighted by Crippen LogP contribution is -2.45. The third kappa shape index (κ3) is 3.10. The van der Waals surface area contributed by atoms with Crippen molar-refractivity contribution < 1.29 is 4.74 Å². The van der Waals surface area contributed by atoms with E-state index in [9.17, 15) is 0 Å². The van der Waals surface area contributed by atoms with Crippen molar-refractivity contribution in [3.63, 3.8) is 0 Å². The minimum atomic E-state index is 0. The van der Waals surface area contributed by atoms with Crippen LogP contribution in [0.3, 0.4) is 0 Å². The second-order valence-corrected chi connectivity index (χ2v) is 2.09. The highest BCUT2D eigenvalue weighted by Crippen LogP contribution is 1.94. The zero-order valence-electron chi connectivity index (χ0n) is 6.19. The smallest absolute Gasteiger partial charge is 0.213 e. The molecule has 0 spiro atoms. The highest BCUT2D eigenvalue weighted by Gasteiger charge is 2.11. The van der Waals surface area contributed by atoms with Gasteiger partial charge in [0.15, 0.2) is 0 Å². The first kappa shape index (κ1) is 10.8. The lowest BCUT2D eigenvalue weighted by molar-refractivity contribution is 0.0674. The Kier molecular flexibility index (Phi) is 5.30. The van der Waals surface area contributed by atoms with Crippen LogP contribution < -0.4 is 11.6 Å². The second kappa shape index (κ2) is 5.42. The van der Waals surface area contributed by atoms with Crippen molar-refractivity contribution in [2.75, 3.05) is 26.3 Å². The van der Waals surface area contributed by atoms with E-state index >= 15 is 0 Å². The summed E-state index contributed by atoms with van der Waals surface area (Å²) >= 11 is 0. The minimum absolute atomic E-state index is 0. The SMILES string of the molecule is I.N/N=C(/N)N1CCOCC1. The Balaban J connectivity index is 0.000001000. The van der Waals surface area contributed by atoms with E-state index in [4.69, 9.17) is 16.3 Å². The number of hydrazone groups is 1. The van der Waals surface area contributed by atoms with E-state index < -0.39 is 0 Å². The molecule has 0 aliphatic carbocycles. The molecule has 0 aromatic rings. The molecule has 1 rings (SSSR count). The summed E-state index contributed by atoms with van der Waals surface area (Å²) in [7, 11) is 0. The Labute approximate surface area is 82.8 Å². The van der Waals surface area contributed by atoms with E-state index in [1.165, 1.54) is 0 Å². The molecule has 0 radical (unpaired) electrons. The van der Waals surface area contributed by atoms with E-state index in [0.717, 1.165) is 13.1 Å². The first-order chi connectivity index (χ1) is 4.84. The lowest BCUT2D eigenvalue weighted by Gasteiger charge is -2.26. The van der Waals surface area contributed by atoms with Crippen molar-refractivity contribution >= 4 is 29.9 Å². The highest BCUT2D eigenvalue weighted by atomic mass is 127. The van der Waals surface area contributed by atoms with Crippen LogP contribution in [0.5, 0.6) is 0 Å². The topological polar surface area (TPSA) is 76.9 Å². The third-order valence-electron chi connectivity index (χ3n) is 1.47. The average Bonchev–Trinajstić information content (AvgIpc) is 2.05. The number of halogens is 1. The maximum absolute atomic E-state index is 5.44. The van der Waals surface area contributed by atoms with Gasteiger partial charge in [-0.15, -0.1) is 29.1 Å². The van der Waals surface area contributed by atoms with Gasteiger partial charge in [0, 0.05) is 13.1 Å². The third-order valence-corrected chi connectivity index (χ3v) is 1.47. The van der Waals surface area contributed by atoms with E-state index in [1.807, 2.05) is 4.90 Å². The van der Waals surface area contributed by atoms with E-state index in [0.29, 0.717) is 19.2 Å². The van der Waals surface area contributed by atoms with Gasteiger partial charge in [0.1, 0.15) is 0 Å². The number of guanidine groups is 1. The number of nitrogens with zero attached hydrogens (tertiary/aromatic N) is 2. The molecule has 1 aliphatic heterocycles. The maximum atomic E-state index is 5.44. The predicted octanol–water partition coefficient (Wildman–Crippen LogP) is -0.875. The van der Waals surface area contributed by atoms with Gasteiger partial charge in [-0.25, -0.2) is 0 Å². The molecule has 4 N–H and O–H groups in total. The van der Waals surface area contributed by atoms with Gasteiger partial charge in [0.05, 0.1) is 13.2 Å². The van der Waals surface area contributed by atoms with Gasteiger partial charge >= 0.3 is 0 Å². The fourth-order valence-electron chi connectivity index (χ4n) is 0.874. The highest BCUT2D eigenvalue weighted by molar-refractivity contribution is 14.0. The monoisotopic (exact) mass is 272 g/mol. The van der Waals surface area contributed by atoms with Gasteiger partial charge in [0.2, 0.25) is 5.96 Å². The van der Waals surface area contributed by atoms with Crippen LogP contribution in [0.1, 0.15) is 0 Å². The summed E-state index contributed by atoms with van der Waals surface area (Å²) < 4.78 is 5.10.